The number of carbonyl (C=O) groups excluding carboxylic acids is 1. The van der Waals surface area contributed by atoms with Gasteiger partial charge in [0.2, 0.25) is 0 Å². The molecule has 4 heterocycles. The van der Waals surface area contributed by atoms with Crippen LogP contribution in [0.15, 0.2) is 36.5 Å². The number of aromatic nitrogens is 3. The molecule has 1 aliphatic rings. The van der Waals surface area contributed by atoms with E-state index in [1.54, 1.807) is 16.8 Å². The first kappa shape index (κ1) is 17.8. The lowest BCUT2D eigenvalue weighted by molar-refractivity contribution is 0.0593. The summed E-state index contributed by atoms with van der Waals surface area (Å²) >= 11 is 6.14. The molecule has 1 fully saturated rings. The predicted octanol–water partition coefficient (Wildman–Crippen LogP) is 2.60. The van der Waals surface area contributed by atoms with Gasteiger partial charge >= 0.3 is 5.97 Å². The molecule has 0 aromatic carbocycles. The number of methoxy groups -OCH3 is 1. The average molecular weight is 387 g/mol. The molecule has 7 nitrogen and oxygen atoms in total. The largest absolute Gasteiger partial charge is 0.464 e. The van der Waals surface area contributed by atoms with Gasteiger partial charge in [0.1, 0.15) is 5.69 Å². The molecule has 140 valence electrons. The number of anilines is 1. The molecule has 27 heavy (non-hydrogen) atoms. The number of morpholine rings is 1. The Morgan fingerprint density at radius 2 is 2.07 bits per heavy atom. The van der Waals surface area contributed by atoms with Gasteiger partial charge in [-0.2, -0.15) is 0 Å². The van der Waals surface area contributed by atoms with Crippen LogP contribution in [-0.4, -0.2) is 54.0 Å². The van der Waals surface area contributed by atoms with Crippen molar-refractivity contribution in [1.82, 2.24) is 14.6 Å². The van der Waals surface area contributed by atoms with Crippen LogP contribution in [0.3, 0.4) is 0 Å². The molecule has 0 N–H and O–H groups in total. The van der Waals surface area contributed by atoms with Gasteiger partial charge in [0.05, 0.1) is 30.9 Å². The number of pyridine rings is 2. The number of esters is 1. The maximum atomic E-state index is 11.8. The third kappa shape index (κ3) is 3.61. The Hall–Kier alpha value is -2.64. The molecular weight excluding hydrogens is 368 g/mol. The monoisotopic (exact) mass is 386 g/mol. The van der Waals surface area contributed by atoms with Crippen LogP contribution in [-0.2, 0) is 15.9 Å². The van der Waals surface area contributed by atoms with Crippen molar-refractivity contribution < 1.29 is 14.3 Å². The van der Waals surface area contributed by atoms with Gasteiger partial charge in [0, 0.05) is 37.0 Å². The van der Waals surface area contributed by atoms with Crippen molar-refractivity contribution in [2.24, 2.45) is 0 Å². The summed E-state index contributed by atoms with van der Waals surface area (Å²) < 4.78 is 12.0. The Bertz CT molecular complexity index is 982. The van der Waals surface area contributed by atoms with Crippen molar-refractivity contribution in [3.05, 3.63) is 58.5 Å². The van der Waals surface area contributed by atoms with Gasteiger partial charge in [-0.3, -0.25) is 0 Å². The molecule has 0 atom stereocenters. The molecule has 1 aliphatic heterocycles. The smallest absolute Gasteiger partial charge is 0.356 e. The van der Waals surface area contributed by atoms with Crippen molar-refractivity contribution in [3.8, 4) is 0 Å². The lowest BCUT2D eigenvalue weighted by Crippen LogP contribution is -2.37. The molecular formula is C19H19ClN4O3. The first-order valence-corrected chi connectivity index (χ1v) is 9.07. The van der Waals surface area contributed by atoms with E-state index in [1.165, 1.54) is 7.11 Å². The lowest BCUT2D eigenvalue weighted by atomic mass is 10.1. The minimum Gasteiger partial charge on any atom is -0.464 e. The number of hydrogen-bond donors (Lipinski definition) is 0. The van der Waals surface area contributed by atoms with Gasteiger partial charge < -0.3 is 14.4 Å². The zero-order chi connectivity index (χ0) is 18.8. The van der Waals surface area contributed by atoms with Gasteiger partial charge in [-0.1, -0.05) is 17.7 Å². The topological polar surface area (TPSA) is 69.0 Å². The summed E-state index contributed by atoms with van der Waals surface area (Å²) in [5, 5.41) is 5.37. The third-order valence-corrected chi connectivity index (χ3v) is 4.77. The maximum Gasteiger partial charge on any atom is 0.356 e. The van der Waals surface area contributed by atoms with Crippen molar-refractivity contribution in [1.29, 1.82) is 0 Å². The molecule has 3 aromatic heterocycles. The van der Waals surface area contributed by atoms with E-state index in [1.807, 2.05) is 24.3 Å². The fourth-order valence-electron chi connectivity index (χ4n) is 3.24. The van der Waals surface area contributed by atoms with E-state index in [4.69, 9.17) is 26.2 Å². The number of fused-ring (bicyclic) bond motifs is 1. The second-order valence-corrected chi connectivity index (χ2v) is 6.70. The van der Waals surface area contributed by atoms with Crippen LogP contribution < -0.4 is 4.90 Å². The molecule has 8 heteroatoms. The van der Waals surface area contributed by atoms with E-state index in [0.717, 1.165) is 35.7 Å². The van der Waals surface area contributed by atoms with Crippen molar-refractivity contribution in [2.45, 2.75) is 6.42 Å². The van der Waals surface area contributed by atoms with Gasteiger partial charge in [0.25, 0.3) is 0 Å². The Labute approximate surface area is 161 Å². The third-order valence-electron chi connectivity index (χ3n) is 4.54. The van der Waals surface area contributed by atoms with Gasteiger partial charge in [-0.05, 0) is 24.3 Å². The predicted molar refractivity (Wildman–Crippen MR) is 102 cm³/mol. The Morgan fingerprint density at radius 1 is 1.26 bits per heavy atom. The van der Waals surface area contributed by atoms with E-state index in [2.05, 4.69) is 9.88 Å². The molecule has 1 saturated heterocycles. The molecule has 0 spiro atoms. The SMILES string of the molecule is COC(=O)c1cccc(Cc2c(N3CCOCC3)nn3cc(Cl)ccc23)n1. The molecule has 0 saturated carbocycles. The average Bonchev–Trinajstić information content (AvgIpc) is 3.05. The highest BCUT2D eigenvalue weighted by Gasteiger charge is 2.22. The molecule has 0 aliphatic carbocycles. The van der Waals surface area contributed by atoms with E-state index >= 15 is 0 Å². The quantitative estimate of drug-likeness (QED) is 0.642. The first-order valence-electron chi connectivity index (χ1n) is 8.69. The highest BCUT2D eigenvalue weighted by Crippen LogP contribution is 2.28. The van der Waals surface area contributed by atoms with Crippen LogP contribution in [0, 0.1) is 0 Å². The number of nitrogens with zero attached hydrogens (tertiary/aromatic N) is 4. The van der Waals surface area contributed by atoms with Crippen molar-refractivity contribution in [3.63, 3.8) is 0 Å². The first-order chi connectivity index (χ1) is 13.2. The number of ether oxygens (including phenoxy) is 2. The number of carbonyl (C=O) groups is 1. The molecule has 3 aromatic rings. The number of rotatable bonds is 4. The summed E-state index contributed by atoms with van der Waals surface area (Å²) in [5.41, 5.74) is 3.08. The summed E-state index contributed by atoms with van der Waals surface area (Å²) in [5.74, 6) is 0.447. The summed E-state index contributed by atoms with van der Waals surface area (Å²) in [6.07, 6.45) is 2.34. The van der Waals surface area contributed by atoms with Crippen LogP contribution in [0.1, 0.15) is 21.7 Å². The van der Waals surface area contributed by atoms with Gasteiger partial charge in [-0.25, -0.2) is 14.3 Å². The highest BCUT2D eigenvalue weighted by molar-refractivity contribution is 6.30. The normalized spacial score (nSPS) is 14.5. The molecule has 0 radical (unpaired) electrons. The zero-order valence-electron chi connectivity index (χ0n) is 14.9. The van der Waals surface area contributed by atoms with Crippen LogP contribution in [0.25, 0.3) is 5.52 Å². The minimum absolute atomic E-state index is 0.294. The number of hydrogen-bond acceptors (Lipinski definition) is 6. The summed E-state index contributed by atoms with van der Waals surface area (Å²) in [7, 11) is 1.35. The van der Waals surface area contributed by atoms with E-state index in [0.29, 0.717) is 30.4 Å². The van der Waals surface area contributed by atoms with Crippen LogP contribution >= 0.6 is 11.6 Å². The minimum atomic E-state index is -0.447. The molecule has 4 rings (SSSR count). The highest BCUT2D eigenvalue weighted by atomic mass is 35.5. The van der Waals surface area contributed by atoms with Gasteiger partial charge in [-0.15, -0.1) is 5.10 Å². The number of halogens is 1. The lowest BCUT2D eigenvalue weighted by Gasteiger charge is -2.27. The van der Waals surface area contributed by atoms with Crippen LogP contribution in [0.4, 0.5) is 5.82 Å². The van der Waals surface area contributed by atoms with E-state index in [9.17, 15) is 4.79 Å². The maximum absolute atomic E-state index is 11.8. The second-order valence-electron chi connectivity index (χ2n) is 6.26. The Kier molecular flexibility index (Phi) is 4.96. The van der Waals surface area contributed by atoms with Crippen LogP contribution in [0.5, 0.6) is 0 Å². The summed E-state index contributed by atoms with van der Waals surface area (Å²) in [4.78, 5) is 18.5. The standard InChI is InChI=1S/C19H19ClN4O3/c1-26-19(25)16-4-2-3-14(21-16)11-15-17-6-5-13(20)12-24(17)22-18(15)23-7-9-27-10-8-23/h2-6,12H,7-11H2,1H3. The Morgan fingerprint density at radius 3 is 2.85 bits per heavy atom. The Balaban J connectivity index is 1.76. The van der Waals surface area contributed by atoms with Crippen LogP contribution in [0.2, 0.25) is 5.02 Å². The van der Waals surface area contributed by atoms with Crippen molar-refractivity contribution >= 4 is 28.9 Å². The second kappa shape index (κ2) is 7.54. The van der Waals surface area contributed by atoms with E-state index in [-0.39, 0.29) is 0 Å². The zero-order valence-corrected chi connectivity index (χ0v) is 15.6. The van der Waals surface area contributed by atoms with E-state index < -0.39 is 5.97 Å². The summed E-state index contributed by atoms with van der Waals surface area (Å²) in [6.45, 7) is 2.90. The fraction of sp³-hybridized carbons (Fsp3) is 0.316. The van der Waals surface area contributed by atoms with Gasteiger partial charge in [0.15, 0.2) is 5.82 Å². The molecule has 0 amide bonds. The summed E-state index contributed by atoms with van der Waals surface area (Å²) in [6, 6.07) is 9.16. The molecule has 0 bridgehead atoms. The fourth-order valence-corrected chi connectivity index (χ4v) is 3.39. The van der Waals surface area contributed by atoms with Crippen molar-refractivity contribution in [2.75, 3.05) is 38.3 Å². The molecule has 0 unspecified atom stereocenters.